The molecule has 2 heterocycles. The van der Waals surface area contributed by atoms with Gasteiger partial charge in [0.05, 0.1) is 13.1 Å². The van der Waals surface area contributed by atoms with Crippen LogP contribution in [-0.2, 0) is 13.1 Å². The highest BCUT2D eigenvalue weighted by molar-refractivity contribution is 5.85. The van der Waals surface area contributed by atoms with Crippen molar-refractivity contribution in [3.05, 3.63) is 11.7 Å². The van der Waals surface area contributed by atoms with E-state index in [1.165, 1.54) is 12.8 Å². The van der Waals surface area contributed by atoms with Crippen molar-refractivity contribution in [1.82, 2.24) is 15.0 Å². The van der Waals surface area contributed by atoms with Gasteiger partial charge in [-0.15, -0.1) is 12.4 Å². The number of hydrogen-bond acceptors (Lipinski definition) is 5. The minimum Gasteiger partial charge on any atom is -0.338 e. The van der Waals surface area contributed by atoms with Crippen molar-refractivity contribution in [2.45, 2.75) is 51.9 Å². The first-order valence-electron chi connectivity index (χ1n) is 5.48. The predicted octanol–water partition coefficient (Wildman–Crippen LogP) is 1.32. The summed E-state index contributed by atoms with van der Waals surface area (Å²) in [7, 11) is 0. The molecule has 0 amide bonds. The Morgan fingerprint density at radius 3 is 2.50 bits per heavy atom. The highest BCUT2D eigenvalue weighted by Gasteiger charge is 2.28. The lowest BCUT2D eigenvalue weighted by Crippen LogP contribution is -2.32. The highest BCUT2D eigenvalue weighted by atomic mass is 35.5. The Kier molecular flexibility index (Phi) is 4.70. The first-order valence-corrected chi connectivity index (χ1v) is 5.48. The van der Waals surface area contributed by atoms with E-state index in [-0.39, 0.29) is 12.4 Å². The predicted molar refractivity (Wildman–Crippen MR) is 63.1 cm³/mol. The maximum atomic E-state index is 5.42. The molecule has 2 rings (SSSR count). The van der Waals surface area contributed by atoms with Gasteiger partial charge < -0.3 is 10.3 Å². The summed E-state index contributed by atoms with van der Waals surface area (Å²) in [6, 6.07) is 1.22. The number of nitrogens with zero attached hydrogens (tertiary/aromatic N) is 3. The fourth-order valence-electron chi connectivity index (χ4n) is 2.16. The van der Waals surface area contributed by atoms with Gasteiger partial charge in [0.25, 0.3) is 0 Å². The van der Waals surface area contributed by atoms with Gasteiger partial charge in [0.1, 0.15) is 0 Å². The summed E-state index contributed by atoms with van der Waals surface area (Å²) in [6.45, 7) is 5.57. The summed E-state index contributed by atoms with van der Waals surface area (Å²) in [5, 5.41) is 3.91. The number of halogens is 1. The van der Waals surface area contributed by atoms with Gasteiger partial charge in [0, 0.05) is 12.1 Å². The van der Waals surface area contributed by atoms with Gasteiger partial charge in [-0.1, -0.05) is 5.16 Å². The van der Waals surface area contributed by atoms with E-state index in [1.54, 1.807) is 0 Å². The van der Waals surface area contributed by atoms with Crippen LogP contribution in [0.4, 0.5) is 0 Å². The zero-order valence-corrected chi connectivity index (χ0v) is 10.5. The monoisotopic (exact) mass is 246 g/mol. The largest absolute Gasteiger partial charge is 0.338 e. The van der Waals surface area contributed by atoms with Crippen LogP contribution in [0.25, 0.3) is 0 Å². The fraction of sp³-hybridized carbons (Fsp3) is 0.800. The van der Waals surface area contributed by atoms with E-state index in [4.69, 9.17) is 10.3 Å². The maximum Gasteiger partial charge on any atom is 0.240 e. The van der Waals surface area contributed by atoms with Crippen molar-refractivity contribution in [3.63, 3.8) is 0 Å². The van der Waals surface area contributed by atoms with Crippen molar-refractivity contribution >= 4 is 12.4 Å². The molecule has 5 nitrogen and oxygen atoms in total. The van der Waals surface area contributed by atoms with Crippen LogP contribution in [0, 0.1) is 0 Å². The fourth-order valence-corrected chi connectivity index (χ4v) is 2.16. The molecule has 2 N–H and O–H groups in total. The van der Waals surface area contributed by atoms with E-state index in [0.29, 0.717) is 24.5 Å². The van der Waals surface area contributed by atoms with Gasteiger partial charge in [-0.25, -0.2) is 0 Å². The van der Waals surface area contributed by atoms with E-state index in [1.807, 2.05) is 0 Å². The van der Waals surface area contributed by atoms with Gasteiger partial charge in [-0.2, -0.15) is 4.98 Å². The van der Waals surface area contributed by atoms with Crippen LogP contribution < -0.4 is 5.73 Å². The highest BCUT2D eigenvalue weighted by Crippen LogP contribution is 2.24. The number of aromatic nitrogens is 2. The van der Waals surface area contributed by atoms with Gasteiger partial charge in [0.2, 0.25) is 5.89 Å². The quantitative estimate of drug-likeness (QED) is 0.871. The lowest BCUT2D eigenvalue weighted by molar-refractivity contribution is 0.197. The van der Waals surface area contributed by atoms with Crippen LogP contribution >= 0.6 is 12.4 Å². The summed E-state index contributed by atoms with van der Waals surface area (Å²) in [4.78, 5) is 6.62. The Bertz CT molecular complexity index is 320. The van der Waals surface area contributed by atoms with Crippen LogP contribution in [0.2, 0.25) is 0 Å². The molecule has 16 heavy (non-hydrogen) atoms. The van der Waals surface area contributed by atoms with E-state index in [9.17, 15) is 0 Å². The molecule has 0 spiro atoms. The molecule has 1 aromatic heterocycles. The number of hydrogen-bond donors (Lipinski definition) is 1. The molecule has 1 aliphatic heterocycles. The molecule has 1 aromatic rings. The van der Waals surface area contributed by atoms with Crippen molar-refractivity contribution in [3.8, 4) is 0 Å². The molecule has 0 bridgehead atoms. The van der Waals surface area contributed by atoms with Crippen molar-refractivity contribution < 1.29 is 4.52 Å². The molecular formula is C10H19ClN4O. The second kappa shape index (κ2) is 5.61. The number of likely N-dealkylation sites (tertiary alicyclic amines) is 1. The molecule has 1 aliphatic rings. The Labute approximate surface area is 102 Å². The van der Waals surface area contributed by atoms with Crippen molar-refractivity contribution in [1.29, 1.82) is 0 Å². The van der Waals surface area contributed by atoms with E-state index in [2.05, 4.69) is 28.9 Å². The molecule has 6 heteroatoms. The van der Waals surface area contributed by atoms with E-state index < -0.39 is 0 Å². The van der Waals surface area contributed by atoms with Crippen LogP contribution in [0.1, 0.15) is 38.4 Å². The molecular weight excluding hydrogens is 228 g/mol. The minimum absolute atomic E-state index is 0. The Hall–Kier alpha value is -0.650. The third kappa shape index (κ3) is 2.72. The zero-order valence-electron chi connectivity index (χ0n) is 9.72. The van der Waals surface area contributed by atoms with Crippen molar-refractivity contribution in [2.24, 2.45) is 5.73 Å². The van der Waals surface area contributed by atoms with Crippen molar-refractivity contribution in [2.75, 3.05) is 0 Å². The smallest absolute Gasteiger partial charge is 0.240 e. The van der Waals surface area contributed by atoms with Crippen LogP contribution in [-0.4, -0.2) is 27.1 Å². The molecule has 0 radical (unpaired) electrons. The molecule has 1 saturated heterocycles. The van der Waals surface area contributed by atoms with Crippen LogP contribution in [0.3, 0.4) is 0 Å². The minimum atomic E-state index is 0. The zero-order chi connectivity index (χ0) is 10.8. The average molecular weight is 247 g/mol. The third-order valence-electron chi connectivity index (χ3n) is 3.14. The second-order valence-corrected chi connectivity index (χ2v) is 4.26. The number of rotatable bonds is 3. The normalized spacial score (nSPS) is 25.7. The first-order chi connectivity index (χ1) is 7.20. The summed E-state index contributed by atoms with van der Waals surface area (Å²) in [6.07, 6.45) is 2.51. The standard InChI is InChI=1S/C10H18N4O.ClH/c1-7-3-4-8(2)14(7)6-9-12-10(5-11)15-13-9;/h7-8H,3-6,11H2,1-2H3;1H. The Morgan fingerprint density at radius 2 is 2.00 bits per heavy atom. The molecule has 0 saturated carbocycles. The molecule has 0 aromatic carbocycles. The van der Waals surface area contributed by atoms with Gasteiger partial charge in [-0.05, 0) is 26.7 Å². The maximum absolute atomic E-state index is 5.42. The summed E-state index contributed by atoms with van der Waals surface area (Å²) >= 11 is 0. The summed E-state index contributed by atoms with van der Waals surface area (Å²) < 4.78 is 4.98. The Morgan fingerprint density at radius 1 is 1.38 bits per heavy atom. The third-order valence-corrected chi connectivity index (χ3v) is 3.14. The second-order valence-electron chi connectivity index (χ2n) is 4.26. The lowest BCUT2D eigenvalue weighted by atomic mass is 10.2. The molecule has 1 fully saturated rings. The van der Waals surface area contributed by atoms with Gasteiger partial charge in [0.15, 0.2) is 5.82 Å². The van der Waals surface area contributed by atoms with Gasteiger partial charge >= 0.3 is 0 Å². The topological polar surface area (TPSA) is 68.2 Å². The molecule has 0 aliphatic carbocycles. The molecule has 92 valence electrons. The first kappa shape index (κ1) is 13.4. The van der Waals surface area contributed by atoms with E-state index >= 15 is 0 Å². The number of nitrogens with two attached hydrogens (primary N) is 1. The molecule has 2 unspecified atom stereocenters. The van der Waals surface area contributed by atoms with Crippen LogP contribution in [0.5, 0.6) is 0 Å². The molecule has 2 atom stereocenters. The van der Waals surface area contributed by atoms with Crippen LogP contribution in [0.15, 0.2) is 4.52 Å². The average Bonchev–Trinajstić information content (AvgIpc) is 2.80. The lowest BCUT2D eigenvalue weighted by Gasteiger charge is -2.23. The van der Waals surface area contributed by atoms with Gasteiger partial charge in [-0.3, -0.25) is 4.90 Å². The Balaban J connectivity index is 0.00000128. The SMILES string of the molecule is CC1CCC(C)N1Cc1noc(CN)n1.Cl. The van der Waals surface area contributed by atoms with E-state index in [0.717, 1.165) is 12.4 Å². The summed E-state index contributed by atoms with van der Waals surface area (Å²) in [5.74, 6) is 1.26. The summed E-state index contributed by atoms with van der Waals surface area (Å²) in [5.41, 5.74) is 5.42.